The maximum Gasteiger partial charge on any atom is 0.332 e. The van der Waals surface area contributed by atoms with Crippen LogP contribution < -0.4 is 16.2 Å². The van der Waals surface area contributed by atoms with Crippen LogP contribution >= 0.6 is 0 Å². The molecule has 1 saturated heterocycles. The Bertz CT molecular complexity index is 538. The van der Waals surface area contributed by atoms with Gasteiger partial charge in [-0.1, -0.05) is 6.92 Å². The zero-order valence-electron chi connectivity index (χ0n) is 12.4. The number of aryl methyl sites for hydroxylation is 1. The SMILES string of the molecule is COC1CN(c2nc(NN)nc(C)c2[N+](=O)[O-])CCC1C. The van der Waals surface area contributed by atoms with Crippen LogP contribution in [0.4, 0.5) is 17.5 Å². The smallest absolute Gasteiger partial charge is 0.332 e. The van der Waals surface area contributed by atoms with Crippen molar-refractivity contribution in [3.63, 3.8) is 0 Å². The summed E-state index contributed by atoms with van der Waals surface area (Å²) in [6, 6.07) is 0. The number of anilines is 2. The third-order valence-electron chi connectivity index (χ3n) is 3.84. The van der Waals surface area contributed by atoms with E-state index in [-0.39, 0.29) is 29.3 Å². The number of nitro groups is 1. The molecule has 0 saturated carbocycles. The lowest BCUT2D eigenvalue weighted by Crippen LogP contribution is -2.44. The molecule has 1 aliphatic heterocycles. The van der Waals surface area contributed by atoms with Gasteiger partial charge in [0.1, 0.15) is 5.69 Å². The number of ether oxygens (including phenoxy) is 1. The first kappa shape index (κ1) is 15.4. The highest BCUT2D eigenvalue weighted by molar-refractivity contribution is 5.62. The minimum Gasteiger partial charge on any atom is -0.379 e. The molecular weight excluding hydrogens is 276 g/mol. The van der Waals surface area contributed by atoms with Crippen molar-refractivity contribution in [2.75, 3.05) is 30.5 Å². The van der Waals surface area contributed by atoms with E-state index < -0.39 is 4.92 Å². The Kier molecular flexibility index (Phi) is 4.53. The number of piperidine rings is 1. The van der Waals surface area contributed by atoms with Gasteiger partial charge in [0.2, 0.25) is 11.8 Å². The number of hydrogen-bond donors (Lipinski definition) is 2. The number of aromatic nitrogens is 2. The van der Waals surface area contributed by atoms with E-state index in [2.05, 4.69) is 22.3 Å². The van der Waals surface area contributed by atoms with Crippen molar-refractivity contribution >= 4 is 17.5 Å². The van der Waals surface area contributed by atoms with Gasteiger partial charge in [0.05, 0.1) is 11.0 Å². The molecule has 0 spiro atoms. The molecule has 0 radical (unpaired) electrons. The normalized spacial score (nSPS) is 22.2. The molecule has 3 N–H and O–H groups in total. The highest BCUT2D eigenvalue weighted by Crippen LogP contribution is 2.32. The van der Waals surface area contributed by atoms with Gasteiger partial charge in [0.15, 0.2) is 0 Å². The predicted molar refractivity (Wildman–Crippen MR) is 78.0 cm³/mol. The van der Waals surface area contributed by atoms with Crippen LogP contribution in [0.3, 0.4) is 0 Å². The fourth-order valence-corrected chi connectivity index (χ4v) is 2.58. The monoisotopic (exact) mass is 296 g/mol. The van der Waals surface area contributed by atoms with Crippen LogP contribution in [0.5, 0.6) is 0 Å². The summed E-state index contributed by atoms with van der Waals surface area (Å²) in [4.78, 5) is 20.9. The Morgan fingerprint density at radius 2 is 2.24 bits per heavy atom. The Labute approximate surface area is 122 Å². The maximum atomic E-state index is 11.3. The van der Waals surface area contributed by atoms with Crippen LogP contribution in [0.15, 0.2) is 0 Å². The van der Waals surface area contributed by atoms with Gasteiger partial charge in [-0.05, 0) is 19.3 Å². The standard InChI is InChI=1S/C12H20N6O3/c1-7-4-5-17(6-9(7)21-3)11-10(18(19)20)8(2)14-12(15-11)16-13/h7,9H,4-6,13H2,1-3H3,(H,14,15,16). The first-order valence-corrected chi connectivity index (χ1v) is 6.75. The van der Waals surface area contributed by atoms with E-state index >= 15 is 0 Å². The van der Waals surface area contributed by atoms with Crippen LogP contribution in [0.1, 0.15) is 19.0 Å². The Morgan fingerprint density at radius 3 is 2.81 bits per heavy atom. The number of nitrogens with one attached hydrogen (secondary N) is 1. The molecule has 1 fully saturated rings. The molecule has 2 heterocycles. The quantitative estimate of drug-likeness (QED) is 0.476. The molecule has 116 valence electrons. The third-order valence-corrected chi connectivity index (χ3v) is 3.84. The van der Waals surface area contributed by atoms with Crippen molar-refractivity contribution in [3.05, 3.63) is 15.8 Å². The Morgan fingerprint density at radius 1 is 1.52 bits per heavy atom. The van der Waals surface area contributed by atoms with Crippen LogP contribution in [0.2, 0.25) is 0 Å². The molecule has 2 rings (SSSR count). The second-order valence-corrected chi connectivity index (χ2v) is 5.19. The van der Waals surface area contributed by atoms with E-state index in [1.54, 1.807) is 14.0 Å². The summed E-state index contributed by atoms with van der Waals surface area (Å²) < 4.78 is 5.45. The van der Waals surface area contributed by atoms with Crippen LogP contribution in [0.25, 0.3) is 0 Å². The Balaban J connectivity index is 2.42. The number of nitrogens with zero attached hydrogens (tertiary/aromatic N) is 4. The van der Waals surface area contributed by atoms with Crippen molar-refractivity contribution < 1.29 is 9.66 Å². The number of rotatable bonds is 4. The van der Waals surface area contributed by atoms with E-state index in [0.29, 0.717) is 19.0 Å². The molecular formula is C12H20N6O3. The van der Waals surface area contributed by atoms with Gasteiger partial charge in [-0.3, -0.25) is 15.5 Å². The fraction of sp³-hybridized carbons (Fsp3) is 0.667. The number of nitrogen functional groups attached to an aromatic ring is 1. The largest absolute Gasteiger partial charge is 0.379 e. The molecule has 1 aromatic rings. The van der Waals surface area contributed by atoms with Crippen LogP contribution in [-0.4, -0.2) is 41.2 Å². The summed E-state index contributed by atoms with van der Waals surface area (Å²) >= 11 is 0. The lowest BCUT2D eigenvalue weighted by atomic mass is 9.96. The second-order valence-electron chi connectivity index (χ2n) is 5.19. The minimum absolute atomic E-state index is 0.0166. The van der Waals surface area contributed by atoms with Crippen molar-refractivity contribution in [2.24, 2.45) is 11.8 Å². The summed E-state index contributed by atoms with van der Waals surface area (Å²) in [6.45, 7) is 4.92. The van der Waals surface area contributed by atoms with Gasteiger partial charge >= 0.3 is 5.69 Å². The average Bonchev–Trinajstić information content (AvgIpc) is 2.46. The summed E-state index contributed by atoms with van der Waals surface area (Å²) in [6.07, 6.45) is 0.896. The summed E-state index contributed by atoms with van der Waals surface area (Å²) in [5, 5.41) is 11.3. The molecule has 0 bridgehead atoms. The molecule has 9 heteroatoms. The van der Waals surface area contributed by atoms with Crippen molar-refractivity contribution in [3.8, 4) is 0 Å². The van der Waals surface area contributed by atoms with Gasteiger partial charge in [-0.2, -0.15) is 4.98 Å². The molecule has 2 atom stereocenters. The first-order valence-electron chi connectivity index (χ1n) is 6.75. The minimum atomic E-state index is -0.454. The molecule has 0 aromatic carbocycles. The highest BCUT2D eigenvalue weighted by Gasteiger charge is 2.32. The summed E-state index contributed by atoms with van der Waals surface area (Å²) in [5.74, 6) is 6.19. The van der Waals surface area contributed by atoms with E-state index in [1.165, 1.54) is 0 Å². The topological polar surface area (TPSA) is 119 Å². The first-order chi connectivity index (χ1) is 9.97. The van der Waals surface area contributed by atoms with E-state index in [4.69, 9.17) is 10.6 Å². The van der Waals surface area contributed by atoms with Crippen LogP contribution in [0, 0.1) is 23.0 Å². The van der Waals surface area contributed by atoms with Gasteiger partial charge in [0.25, 0.3) is 0 Å². The molecule has 21 heavy (non-hydrogen) atoms. The predicted octanol–water partition coefficient (Wildman–Crippen LogP) is 0.840. The number of nitrogens with two attached hydrogens (primary N) is 1. The van der Waals surface area contributed by atoms with Gasteiger partial charge in [-0.25, -0.2) is 10.8 Å². The number of methoxy groups -OCH3 is 1. The van der Waals surface area contributed by atoms with Gasteiger partial charge in [-0.15, -0.1) is 0 Å². The fourth-order valence-electron chi connectivity index (χ4n) is 2.58. The van der Waals surface area contributed by atoms with E-state index in [1.807, 2.05) is 4.90 Å². The molecule has 0 aliphatic carbocycles. The molecule has 2 unspecified atom stereocenters. The van der Waals surface area contributed by atoms with Crippen LogP contribution in [-0.2, 0) is 4.74 Å². The molecule has 1 aromatic heterocycles. The van der Waals surface area contributed by atoms with E-state index in [9.17, 15) is 10.1 Å². The summed E-state index contributed by atoms with van der Waals surface area (Å²) in [7, 11) is 1.65. The second kappa shape index (κ2) is 6.19. The lowest BCUT2D eigenvalue weighted by Gasteiger charge is -2.36. The zero-order chi connectivity index (χ0) is 15.6. The summed E-state index contributed by atoms with van der Waals surface area (Å²) in [5.41, 5.74) is 2.54. The average molecular weight is 296 g/mol. The molecule has 9 nitrogen and oxygen atoms in total. The number of hydrazine groups is 1. The lowest BCUT2D eigenvalue weighted by molar-refractivity contribution is -0.385. The molecule has 0 amide bonds. The molecule has 1 aliphatic rings. The van der Waals surface area contributed by atoms with Crippen molar-refractivity contribution in [1.82, 2.24) is 9.97 Å². The number of hydrogen-bond acceptors (Lipinski definition) is 8. The van der Waals surface area contributed by atoms with Crippen molar-refractivity contribution in [1.29, 1.82) is 0 Å². The van der Waals surface area contributed by atoms with Crippen molar-refractivity contribution in [2.45, 2.75) is 26.4 Å². The Hall–Kier alpha value is -2.00. The maximum absolute atomic E-state index is 11.3. The highest BCUT2D eigenvalue weighted by atomic mass is 16.6. The third kappa shape index (κ3) is 3.03. The van der Waals surface area contributed by atoms with E-state index in [0.717, 1.165) is 6.42 Å². The van der Waals surface area contributed by atoms with Gasteiger partial charge in [0, 0.05) is 20.2 Å². The van der Waals surface area contributed by atoms with Gasteiger partial charge < -0.3 is 9.64 Å². The zero-order valence-corrected chi connectivity index (χ0v) is 12.4.